The van der Waals surface area contributed by atoms with Gasteiger partial charge in [0.2, 0.25) is 0 Å². The first-order chi connectivity index (χ1) is 14.7. The second-order valence-electron chi connectivity index (χ2n) is 8.17. The Morgan fingerprint density at radius 3 is 2.10 bits per heavy atom. The van der Waals surface area contributed by atoms with Crippen LogP contribution in [0.3, 0.4) is 0 Å². The molecule has 2 fully saturated rings. The summed E-state index contributed by atoms with van der Waals surface area (Å²) in [6.45, 7) is 7.09. The van der Waals surface area contributed by atoms with Crippen molar-refractivity contribution in [3.05, 3.63) is 59.9 Å². The zero-order valence-electron chi connectivity index (χ0n) is 17.4. The zero-order valence-corrected chi connectivity index (χ0v) is 17.4. The van der Waals surface area contributed by atoms with E-state index in [1.165, 1.54) is 12.8 Å². The molecule has 0 saturated carbocycles. The predicted molar refractivity (Wildman–Crippen MR) is 120 cm³/mol. The van der Waals surface area contributed by atoms with Crippen molar-refractivity contribution in [1.82, 2.24) is 14.9 Å². The number of aromatic nitrogens is 2. The number of hydrogen-bond donors (Lipinski definition) is 0. The molecule has 0 aliphatic carbocycles. The molecular weight excluding hydrogens is 374 g/mol. The van der Waals surface area contributed by atoms with E-state index in [1.54, 1.807) is 0 Å². The van der Waals surface area contributed by atoms with Gasteiger partial charge in [-0.1, -0.05) is 30.3 Å². The Labute approximate surface area is 177 Å². The van der Waals surface area contributed by atoms with Crippen LogP contribution in [0.1, 0.15) is 29.0 Å². The lowest BCUT2D eigenvalue weighted by Crippen LogP contribution is -2.49. The van der Waals surface area contributed by atoms with Crippen molar-refractivity contribution in [1.29, 1.82) is 0 Å². The van der Waals surface area contributed by atoms with E-state index in [-0.39, 0.29) is 5.91 Å². The fourth-order valence-corrected chi connectivity index (χ4v) is 4.45. The summed E-state index contributed by atoms with van der Waals surface area (Å²) in [6.07, 6.45) is 2.46. The summed E-state index contributed by atoms with van der Waals surface area (Å²) >= 11 is 0. The molecule has 0 radical (unpaired) electrons. The number of anilines is 2. The maximum absolute atomic E-state index is 13.0. The van der Waals surface area contributed by atoms with Gasteiger partial charge in [-0.25, -0.2) is 9.97 Å². The summed E-state index contributed by atoms with van der Waals surface area (Å²) in [5.74, 6) is 2.92. The molecule has 3 heterocycles. The van der Waals surface area contributed by atoms with Crippen LogP contribution in [0.2, 0.25) is 0 Å². The molecule has 2 aliphatic heterocycles. The Bertz CT molecular complexity index is 1070. The molecule has 2 saturated heterocycles. The molecule has 1 aromatic heterocycles. The topological polar surface area (TPSA) is 52.6 Å². The third-order valence-corrected chi connectivity index (χ3v) is 6.13. The number of carbonyl (C=O) groups is 1. The number of carbonyl (C=O) groups excluding carboxylic acids is 1. The van der Waals surface area contributed by atoms with Crippen molar-refractivity contribution in [3.8, 4) is 0 Å². The van der Waals surface area contributed by atoms with Gasteiger partial charge in [0.1, 0.15) is 17.5 Å². The smallest absolute Gasteiger partial charge is 0.253 e. The number of hydrogen-bond acceptors (Lipinski definition) is 5. The summed E-state index contributed by atoms with van der Waals surface area (Å²) in [4.78, 5) is 28.9. The van der Waals surface area contributed by atoms with E-state index in [0.717, 1.165) is 60.0 Å². The molecule has 6 heteroatoms. The summed E-state index contributed by atoms with van der Waals surface area (Å²) in [7, 11) is 0. The highest BCUT2D eigenvalue weighted by Gasteiger charge is 2.24. The Kier molecular flexibility index (Phi) is 4.99. The van der Waals surface area contributed by atoms with E-state index in [9.17, 15) is 4.79 Å². The minimum atomic E-state index is 0.108. The number of fused-ring (bicyclic) bond motifs is 1. The Morgan fingerprint density at radius 2 is 1.40 bits per heavy atom. The quantitative estimate of drug-likeness (QED) is 0.672. The van der Waals surface area contributed by atoms with E-state index in [1.807, 2.05) is 42.2 Å². The highest BCUT2D eigenvalue weighted by atomic mass is 16.2. The molecular formula is C24H27N5O. The van der Waals surface area contributed by atoms with Crippen molar-refractivity contribution in [2.24, 2.45) is 0 Å². The molecule has 0 spiro atoms. The van der Waals surface area contributed by atoms with Crippen molar-refractivity contribution in [2.45, 2.75) is 19.8 Å². The number of piperazine rings is 1. The monoisotopic (exact) mass is 401 g/mol. The van der Waals surface area contributed by atoms with Gasteiger partial charge in [-0.05, 0) is 42.7 Å². The molecule has 0 N–H and O–H groups in total. The van der Waals surface area contributed by atoms with Gasteiger partial charge in [0.15, 0.2) is 0 Å². The van der Waals surface area contributed by atoms with Crippen molar-refractivity contribution in [2.75, 3.05) is 49.1 Å². The third kappa shape index (κ3) is 3.70. The fourth-order valence-electron chi connectivity index (χ4n) is 4.45. The summed E-state index contributed by atoms with van der Waals surface area (Å²) in [5.41, 5.74) is 0.761. The van der Waals surface area contributed by atoms with Crippen molar-refractivity contribution < 1.29 is 4.79 Å². The van der Waals surface area contributed by atoms with Gasteiger partial charge in [-0.15, -0.1) is 0 Å². The molecule has 0 unspecified atom stereocenters. The summed E-state index contributed by atoms with van der Waals surface area (Å²) < 4.78 is 0. The van der Waals surface area contributed by atoms with Crippen LogP contribution in [0.25, 0.3) is 10.8 Å². The van der Waals surface area contributed by atoms with Gasteiger partial charge >= 0.3 is 0 Å². The maximum Gasteiger partial charge on any atom is 0.253 e. The first-order valence-corrected chi connectivity index (χ1v) is 10.8. The molecule has 30 heavy (non-hydrogen) atoms. The van der Waals surface area contributed by atoms with Gasteiger partial charge in [0, 0.05) is 50.9 Å². The largest absolute Gasteiger partial charge is 0.356 e. The van der Waals surface area contributed by atoms with E-state index in [4.69, 9.17) is 0 Å². The number of benzene rings is 2. The first kappa shape index (κ1) is 18.9. The molecule has 0 atom stereocenters. The molecule has 2 aromatic carbocycles. The SMILES string of the molecule is Cc1nc(N2CCCC2)cc(N2CCN(C(=O)c3ccc4ccccc4c3)CC2)n1. The Hall–Kier alpha value is -3.15. The van der Waals surface area contributed by atoms with Gasteiger partial charge in [-0.2, -0.15) is 0 Å². The van der Waals surface area contributed by atoms with Crippen LogP contribution < -0.4 is 9.80 Å². The average Bonchev–Trinajstić information content (AvgIpc) is 3.33. The summed E-state index contributed by atoms with van der Waals surface area (Å²) in [5, 5.41) is 2.26. The predicted octanol–water partition coefficient (Wildman–Crippen LogP) is 3.50. The number of aryl methyl sites for hydroxylation is 1. The molecule has 5 rings (SSSR count). The standard InChI is InChI=1S/C24H27N5O/c1-18-25-22(27-10-4-5-11-27)17-23(26-18)28-12-14-29(15-13-28)24(30)21-9-8-19-6-2-3-7-20(19)16-21/h2-3,6-9,16-17H,4-5,10-15H2,1H3. The first-order valence-electron chi connectivity index (χ1n) is 10.8. The van der Waals surface area contributed by atoms with Gasteiger partial charge in [-0.3, -0.25) is 4.79 Å². The molecule has 3 aromatic rings. The number of nitrogens with zero attached hydrogens (tertiary/aromatic N) is 5. The second kappa shape index (κ2) is 7.94. The van der Waals surface area contributed by atoms with Gasteiger partial charge in [0.05, 0.1) is 0 Å². The maximum atomic E-state index is 13.0. The molecule has 154 valence electrons. The molecule has 1 amide bonds. The van der Waals surface area contributed by atoms with Gasteiger partial charge in [0.25, 0.3) is 5.91 Å². The molecule has 6 nitrogen and oxygen atoms in total. The average molecular weight is 402 g/mol. The van der Waals surface area contributed by atoms with Crippen LogP contribution >= 0.6 is 0 Å². The van der Waals surface area contributed by atoms with Crippen LogP contribution in [0.15, 0.2) is 48.5 Å². The van der Waals surface area contributed by atoms with Gasteiger partial charge < -0.3 is 14.7 Å². The Morgan fingerprint density at radius 1 is 0.767 bits per heavy atom. The highest BCUT2D eigenvalue weighted by Crippen LogP contribution is 2.24. The minimum absolute atomic E-state index is 0.108. The van der Waals surface area contributed by atoms with Crippen LogP contribution in [-0.2, 0) is 0 Å². The number of amides is 1. The third-order valence-electron chi connectivity index (χ3n) is 6.13. The Balaban J connectivity index is 1.28. The van der Waals surface area contributed by atoms with Crippen LogP contribution in [0.5, 0.6) is 0 Å². The summed E-state index contributed by atoms with van der Waals surface area (Å²) in [6, 6.07) is 16.2. The highest BCUT2D eigenvalue weighted by molar-refractivity contribution is 5.98. The van der Waals surface area contributed by atoms with Crippen LogP contribution in [0, 0.1) is 6.92 Å². The number of rotatable bonds is 3. The van der Waals surface area contributed by atoms with Crippen LogP contribution in [-0.4, -0.2) is 60.0 Å². The van der Waals surface area contributed by atoms with E-state index < -0.39 is 0 Å². The normalized spacial score (nSPS) is 17.0. The van der Waals surface area contributed by atoms with E-state index in [2.05, 4.69) is 38.0 Å². The second-order valence-corrected chi connectivity index (χ2v) is 8.17. The van der Waals surface area contributed by atoms with Crippen molar-refractivity contribution >= 4 is 28.3 Å². The van der Waals surface area contributed by atoms with E-state index in [0.29, 0.717) is 13.1 Å². The minimum Gasteiger partial charge on any atom is -0.356 e. The lowest BCUT2D eigenvalue weighted by atomic mass is 10.1. The van der Waals surface area contributed by atoms with Crippen molar-refractivity contribution in [3.63, 3.8) is 0 Å². The zero-order chi connectivity index (χ0) is 20.5. The molecule has 2 aliphatic rings. The van der Waals surface area contributed by atoms with Crippen LogP contribution in [0.4, 0.5) is 11.6 Å². The lowest BCUT2D eigenvalue weighted by Gasteiger charge is -2.36. The lowest BCUT2D eigenvalue weighted by molar-refractivity contribution is 0.0746. The van der Waals surface area contributed by atoms with E-state index >= 15 is 0 Å². The fraction of sp³-hybridized carbons (Fsp3) is 0.375. The molecule has 0 bridgehead atoms.